The maximum absolute atomic E-state index is 11.2. The molecule has 16 heavy (non-hydrogen) atoms. The number of aromatic nitrogens is 1. The first-order chi connectivity index (χ1) is 7.66. The fraction of sp³-hybridized carbons (Fsp3) is 0.455. The molecule has 0 aromatic carbocycles. The number of rotatable bonds is 1. The molecule has 1 aliphatic rings. The second kappa shape index (κ2) is 4.82. The third-order valence-corrected chi connectivity index (χ3v) is 3.06. The summed E-state index contributed by atoms with van der Waals surface area (Å²) in [6, 6.07) is 2.04. The first-order valence-electron chi connectivity index (χ1n) is 5.30. The Morgan fingerprint density at radius 1 is 1.50 bits per heavy atom. The molecule has 1 N–H and O–H groups in total. The van der Waals surface area contributed by atoms with Crippen molar-refractivity contribution in [1.29, 1.82) is 0 Å². The van der Waals surface area contributed by atoms with Crippen molar-refractivity contribution in [3.05, 3.63) is 22.3 Å². The highest BCUT2D eigenvalue weighted by Gasteiger charge is 2.16. The molecule has 0 radical (unpaired) electrons. The maximum atomic E-state index is 11.2. The molecule has 4 nitrogen and oxygen atoms in total. The second-order valence-corrected chi connectivity index (χ2v) is 4.80. The van der Waals surface area contributed by atoms with Gasteiger partial charge >= 0.3 is 0 Å². The van der Waals surface area contributed by atoms with Crippen molar-refractivity contribution in [3.63, 3.8) is 0 Å². The van der Waals surface area contributed by atoms with Gasteiger partial charge in [-0.1, -0.05) is 0 Å². The quantitative estimate of drug-likeness (QED) is 0.849. The van der Waals surface area contributed by atoms with Crippen LogP contribution in [0.2, 0.25) is 0 Å². The summed E-state index contributed by atoms with van der Waals surface area (Å²) in [7, 11) is 0. The minimum Gasteiger partial charge on any atom is -0.354 e. The number of amides is 1. The summed E-state index contributed by atoms with van der Waals surface area (Å²) in [5, 5.41) is 2.86. The van der Waals surface area contributed by atoms with Crippen LogP contribution < -0.4 is 10.2 Å². The average molecular weight is 284 g/mol. The van der Waals surface area contributed by atoms with E-state index in [9.17, 15) is 4.79 Å². The zero-order valence-corrected chi connectivity index (χ0v) is 10.7. The highest BCUT2D eigenvalue weighted by atomic mass is 79.9. The van der Waals surface area contributed by atoms with Crippen molar-refractivity contribution in [2.75, 3.05) is 24.5 Å². The Kier molecular flexibility index (Phi) is 3.43. The molecular weight excluding hydrogens is 270 g/mol. The van der Waals surface area contributed by atoms with Crippen LogP contribution in [-0.2, 0) is 4.79 Å². The van der Waals surface area contributed by atoms with Crippen LogP contribution in [0, 0.1) is 6.92 Å². The van der Waals surface area contributed by atoms with Crippen LogP contribution in [0.1, 0.15) is 12.0 Å². The molecule has 0 atom stereocenters. The van der Waals surface area contributed by atoms with Crippen molar-refractivity contribution < 1.29 is 4.79 Å². The van der Waals surface area contributed by atoms with Crippen molar-refractivity contribution >= 4 is 27.7 Å². The Bertz CT molecular complexity index is 408. The SMILES string of the molecule is Cc1cc(Br)cnc1N1CCNC(=O)CC1. The van der Waals surface area contributed by atoms with Gasteiger partial charge in [-0.3, -0.25) is 4.79 Å². The molecule has 1 amide bonds. The van der Waals surface area contributed by atoms with Gasteiger partial charge in [-0.15, -0.1) is 0 Å². The lowest BCUT2D eigenvalue weighted by Crippen LogP contribution is -2.29. The molecule has 1 saturated heterocycles. The number of nitrogens with one attached hydrogen (secondary N) is 1. The van der Waals surface area contributed by atoms with Crippen LogP contribution in [0.25, 0.3) is 0 Å². The fourth-order valence-electron chi connectivity index (χ4n) is 1.84. The number of carbonyl (C=O) groups excluding carboxylic acids is 1. The lowest BCUT2D eigenvalue weighted by molar-refractivity contribution is -0.120. The summed E-state index contributed by atoms with van der Waals surface area (Å²) in [4.78, 5) is 17.8. The van der Waals surface area contributed by atoms with Crippen LogP contribution in [0.3, 0.4) is 0 Å². The highest BCUT2D eigenvalue weighted by Crippen LogP contribution is 2.21. The number of hydrogen-bond acceptors (Lipinski definition) is 3. The zero-order chi connectivity index (χ0) is 11.5. The lowest BCUT2D eigenvalue weighted by Gasteiger charge is -2.22. The minimum atomic E-state index is 0.122. The molecule has 1 aromatic heterocycles. The first kappa shape index (κ1) is 11.4. The molecule has 0 aliphatic carbocycles. The third kappa shape index (κ3) is 2.52. The minimum absolute atomic E-state index is 0.122. The normalized spacial score (nSPS) is 16.9. The number of halogens is 1. The molecule has 5 heteroatoms. The van der Waals surface area contributed by atoms with Crippen LogP contribution in [0.15, 0.2) is 16.7 Å². The van der Waals surface area contributed by atoms with Gasteiger partial charge in [-0.2, -0.15) is 0 Å². The summed E-state index contributed by atoms with van der Waals surface area (Å²) < 4.78 is 0.984. The van der Waals surface area contributed by atoms with Gasteiger partial charge in [0, 0.05) is 36.7 Å². The Morgan fingerprint density at radius 3 is 3.06 bits per heavy atom. The van der Waals surface area contributed by atoms with Gasteiger partial charge < -0.3 is 10.2 Å². The fourth-order valence-corrected chi connectivity index (χ4v) is 2.29. The van der Waals surface area contributed by atoms with Crippen molar-refractivity contribution in [3.8, 4) is 0 Å². The molecule has 2 rings (SSSR count). The zero-order valence-electron chi connectivity index (χ0n) is 9.16. The van der Waals surface area contributed by atoms with E-state index in [4.69, 9.17) is 0 Å². The number of anilines is 1. The van der Waals surface area contributed by atoms with Crippen LogP contribution >= 0.6 is 15.9 Å². The van der Waals surface area contributed by atoms with E-state index in [-0.39, 0.29) is 5.91 Å². The topological polar surface area (TPSA) is 45.2 Å². The molecular formula is C11H14BrN3O. The first-order valence-corrected chi connectivity index (χ1v) is 6.10. The third-order valence-electron chi connectivity index (χ3n) is 2.63. The molecule has 1 fully saturated rings. The molecule has 0 saturated carbocycles. The van der Waals surface area contributed by atoms with Gasteiger partial charge in [0.05, 0.1) is 0 Å². The number of aryl methyl sites for hydroxylation is 1. The van der Waals surface area contributed by atoms with Gasteiger partial charge in [0.25, 0.3) is 0 Å². The van der Waals surface area contributed by atoms with E-state index in [0.29, 0.717) is 13.0 Å². The Hall–Kier alpha value is -1.10. The van der Waals surface area contributed by atoms with E-state index in [1.54, 1.807) is 6.20 Å². The predicted octanol–water partition coefficient (Wildman–Crippen LogP) is 1.48. The molecule has 86 valence electrons. The van der Waals surface area contributed by atoms with Crippen molar-refractivity contribution in [1.82, 2.24) is 10.3 Å². The summed E-state index contributed by atoms with van der Waals surface area (Å²) in [6.07, 6.45) is 2.33. The van der Waals surface area contributed by atoms with Gasteiger partial charge in [-0.05, 0) is 34.5 Å². The highest BCUT2D eigenvalue weighted by molar-refractivity contribution is 9.10. The second-order valence-electron chi connectivity index (χ2n) is 3.88. The Balaban J connectivity index is 2.19. The molecule has 1 aromatic rings. The van der Waals surface area contributed by atoms with Crippen LogP contribution in [0.5, 0.6) is 0 Å². The van der Waals surface area contributed by atoms with E-state index < -0.39 is 0 Å². The number of hydrogen-bond donors (Lipinski definition) is 1. The van der Waals surface area contributed by atoms with E-state index in [1.165, 1.54) is 0 Å². The van der Waals surface area contributed by atoms with Crippen LogP contribution in [-0.4, -0.2) is 30.5 Å². The summed E-state index contributed by atoms with van der Waals surface area (Å²) in [6.45, 7) is 4.28. The van der Waals surface area contributed by atoms with Gasteiger partial charge in [0.1, 0.15) is 5.82 Å². The number of pyridine rings is 1. The Morgan fingerprint density at radius 2 is 2.31 bits per heavy atom. The standard InChI is InChI=1S/C11H14BrN3O/c1-8-6-9(12)7-14-11(8)15-4-2-10(16)13-3-5-15/h6-7H,2-5H2,1H3,(H,13,16). The molecule has 0 spiro atoms. The van der Waals surface area contributed by atoms with Crippen LogP contribution in [0.4, 0.5) is 5.82 Å². The lowest BCUT2D eigenvalue weighted by atomic mass is 10.2. The van der Waals surface area contributed by atoms with E-state index >= 15 is 0 Å². The number of carbonyl (C=O) groups is 1. The molecule has 0 unspecified atom stereocenters. The largest absolute Gasteiger partial charge is 0.354 e. The maximum Gasteiger partial charge on any atom is 0.221 e. The summed E-state index contributed by atoms with van der Waals surface area (Å²) >= 11 is 3.40. The van der Waals surface area contributed by atoms with Crippen molar-refractivity contribution in [2.45, 2.75) is 13.3 Å². The smallest absolute Gasteiger partial charge is 0.221 e. The van der Waals surface area contributed by atoms with Gasteiger partial charge in [-0.25, -0.2) is 4.98 Å². The Labute approximate surface area is 103 Å². The van der Waals surface area contributed by atoms with Gasteiger partial charge in [0.2, 0.25) is 5.91 Å². The van der Waals surface area contributed by atoms with E-state index in [1.807, 2.05) is 13.0 Å². The predicted molar refractivity (Wildman–Crippen MR) is 66.5 cm³/mol. The summed E-state index contributed by atoms with van der Waals surface area (Å²) in [5.74, 6) is 1.09. The van der Waals surface area contributed by atoms with E-state index in [0.717, 1.165) is 28.9 Å². The average Bonchev–Trinajstić information content (AvgIpc) is 2.43. The monoisotopic (exact) mass is 283 g/mol. The summed E-state index contributed by atoms with van der Waals surface area (Å²) in [5.41, 5.74) is 1.13. The van der Waals surface area contributed by atoms with Crippen molar-refractivity contribution in [2.24, 2.45) is 0 Å². The molecule has 1 aliphatic heterocycles. The molecule has 2 heterocycles. The molecule has 0 bridgehead atoms. The number of nitrogens with zero attached hydrogens (tertiary/aromatic N) is 2. The van der Waals surface area contributed by atoms with Gasteiger partial charge in [0.15, 0.2) is 0 Å². The van der Waals surface area contributed by atoms with E-state index in [2.05, 4.69) is 31.1 Å².